The number of piperazine rings is 1. The average Bonchev–Trinajstić information content (AvgIpc) is 3.30. The minimum atomic E-state index is -0.247. The zero-order valence-corrected chi connectivity index (χ0v) is 19.8. The second kappa shape index (κ2) is 10.2. The predicted octanol–water partition coefficient (Wildman–Crippen LogP) is 2.64. The largest absolute Gasteiger partial charge is 0.497 e. The first-order chi connectivity index (χ1) is 16.0. The smallest absolute Gasteiger partial charge is 0.257 e. The number of rotatable bonds is 7. The van der Waals surface area contributed by atoms with E-state index in [0.29, 0.717) is 24.5 Å². The third-order valence-electron chi connectivity index (χ3n) is 6.34. The van der Waals surface area contributed by atoms with E-state index in [1.165, 1.54) is 0 Å². The van der Waals surface area contributed by atoms with Gasteiger partial charge in [-0.05, 0) is 49.0 Å². The molecule has 8 heteroatoms. The van der Waals surface area contributed by atoms with Crippen molar-refractivity contribution in [3.8, 4) is 17.2 Å². The van der Waals surface area contributed by atoms with E-state index in [1.807, 2.05) is 42.5 Å². The van der Waals surface area contributed by atoms with Gasteiger partial charge in [0, 0.05) is 44.2 Å². The van der Waals surface area contributed by atoms with Crippen molar-refractivity contribution < 1.29 is 19.0 Å². The van der Waals surface area contributed by atoms with E-state index in [2.05, 4.69) is 16.8 Å². The molecular weight excluding hydrogens is 420 g/mol. The van der Waals surface area contributed by atoms with E-state index in [-0.39, 0.29) is 11.9 Å². The molecule has 176 valence electrons. The fourth-order valence-corrected chi connectivity index (χ4v) is 4.30. The van der Waals surface area contributed by atoms with Crippen LogP contribution in [0.3, 0.4) is 0 Å². The lowest BCUT2D eigenvalue weighted by molar-refractivity contribution is -0.134. The van der Waals surface area contributed by atoms with Crippen LogP contribution in [0.5, 0.6) is 17.2 Å². The van der Waals surface area contributed by atoms with Crippen LogP contribution >= 0.6 is 0 Å². The van der Waals surface area contributed by atoms with Gasteiger partial charge in [0.25, 0.3) is 5.91 Å². The lowest BCUT2D eigenvalue weighted by atomic mass is 9.97. The molecule has 1 saturated heterocycles. The SMILES string of the molecule is COc1ccc(C2=NN(C(=O)CN3CCN(C)CC3)[C@H](c3ccc(OC)cc3OC)C2)cc1. The van der Waals surface area contributed by atoms with Crippen LogP contribution in [0.2, 0.25) is 0 Å². The lowest BCUT2D eigenvalue weighted by Crippen LogP contribution is -2.48. The molecule has 2 aliphatic rings. The molecule has 0 spiro atoms. The molecule has 2 aromatic carbocycles. The van der Waals surface area contributed by atoms with Gasteiger partial charge in [0.1, 0.15) is 17.2 Å². The van der Waals surface area contributed by atoms with Crippen LogP contribution in [0, 0.1) is 0 Å². The highest BCUT2D eigenvalue weighted by atomic mass is 16.5. The molecule has 0 radical (unpaired) electrons. The minimum Gasteiger partial charge on any atom is -0.497 e. The maximum atomic E-state index is 13.5. The van der Waals surface area contributed by atoms with Gasteiger partial charge in [-0.1, -0.05) is 0 Å². The lowest BCUT2D eigenvalue weighted by Gasteiger charge is -2.33. The van der Waals surface area contributed by atoms with Crippen molar-refractivity contribution >= 4 is 11.6 Å². The maximum absolute atomic E-state index is 13.5. The molecule has 0 unspecified atom stereocenters. The number of methoxy groups -OCH3 is 3. The Morgan fingerprint density at radius 1 is 0.939 bits per heavy atom. The highest BCUT2D eigenvalue weighted by Gasteiger charge is 2.35. The summed E-state index contributed by atoms with van der Waals surface area (Å²) in [4.78, 5) is 17.9. The van der Waals surface area contributed by atoms with Crippen LogP contribution in [-0.2, 0) is 4.79 Å². The van der Waals surface area contributed by atoms with Crippen LogP contribution in [0.25, 0.3) is 0 Å². The summed E-state index contributed by atoms with van der Waals surface area (Å²) in [5.74, 6) is 2.17. The first kappa shape index (κ1) is 23.1. The van der Waals surface area contributed by atoms with Crippen LogP contribution in [0.15, 0.2) is 47.6 Å². The summed E-state index contributed by atoms with van der Waals surface area (Å²) in [6, 6.07) is 13.2. The van der Waals surface area contributed by atoms with Gasteiger partial charge in [0.2, 0.25) is 0 Å². The number of carbonyl (C=O) groups is 1. The molecule has 2 aromatic rings. The summed E-state index contributed by atoms with van der Waals surface area (Å²) >= 11 is 0. The molecule has 1 amide bonds. The van der Waals surface area contributed by atoms with Crippen molar-refractivity contribution in [3.63, 3.8) is 0 Å². The zero-order valence-electron chi connectivity index (χ0n) is 19.8. The normalized spacial score (nSPS) is 19.3. The number of carbonyl (C=O) groups excluding carboxylic acids is 1. The molecule has 1 fully saturated rings. The summed E-state index contributed by atoms with van der Waals surface area (Å²) in [7, 11) is 7.01. The van der Waals surface area contributed by atoms with E-state index >= 15 is 0 Å². The van der Waals surface area contributed by atoms with Crippen molar-refractivity contribution in [3.05, 3.63) is 53.6 Å². The van der Waals surface area contributed by atoms with Crippen LogP contribution in [0.4, 0.5) is 0 Å². The summed E-state index contributed by atoms with van der Waals surface area (Å²) in [6.07, 6.45) is 0.601. The van der Waals surface area contributed by atoms with Gasteiger partial charge < -0.3 is 19.1 Å². The van der Waals surface area contributed by atoms with Crippen molar-refractivity contribution in [2.75, 3.05) is 61.1 Å². The predicted molar refractivity (Wildman–Crippen MR) is 127 cm³/mol. The third-order valence-corrected chi connectivity index (χ3v) is 6.34. The Labute approximate surface area is 195 Å². The molecule has 2 heterocycles. The third kappa shape index (κ3) is 5.12. The highest BCUT2D eigenvalue weighted by molar-refractivity contribution is 6.03. The molecule has 0 aromatic heterocycles. The number of likely N-dealkylation sites (N-methyl/N-ethyl adjacent to an activating group) is 1. The van der Waals surface area contributed by atoms with Gasteiger partial charge >= 0.3 is 0 Å². The molecule has 0 saturated carbocycles. The number of nitrogens with zero attached hydrogens (tertiary/aromatic N) is 4. The van der Waals surface area contributed by atoms with Gasteiger partial charge in [-0.2, -0.15) is 5.10 Å². The van der Waals surface area contributed by atoms with Gasteiger partial charge in [-0.15, -0.1) is 0 Å². The van der Waals surface area contributed by atoms with E-state index < -0.39 is 0 Å². The Morgan fingerprint density at radius 2 is 1.61 bits per heavy atom. The zero-order chi connectivity index (χ0) is 23.4. The Balaban J connectivity index is 1.63. The number of benzene rings is 2. The van der Waals surface area contributed by atoms with E-state index in [4.69, 9.17) is 19.3 Å². The standard InChI is InChI=1S/C25H32N4O4/c1-27-11-13-28(14-12-27)17-25(30)29-23(21-10-9-20(32-3)15-24(21)33-4)16-22(26-29)18-5-7-19(31-2)8-6-18/h5-10,15,23H,11-14,16-17H2,1-4H3/t23-/m0/s1. The Hall–Kier alpha value is -3.10. The van der Waals surface area contributed by atoms with Gasteiger partial charge in [-0.3, -0.25) is 9.69 Å². The molecule has 0 N–H and O–H groups in total. The molecule has 4 rings (SSSR count). The van der Waals surface area contributed by atoms with Crippen molar-refractivity contribution in [2.24, 2.45) is 5.10 Å². The Bertz CT molecular complexity index is 1000. The molecule has 8 nitrogen and oxygen atoms in total. The summed E-state index contributed by atoms with van der Waals surface area (Å²) in [5.41, 5.74) is 2.76. The van der Waals surface area contributed by atoms with E-state index in [0.717, 1.165) is 48.8 Å². The van der Waals surface area contributed by atoms with Gasteiger partial charge in [0.05, 0.1) is 39.6 Å². The topological polar surface area (TPSA) is 66.8 Å². The van der Waals surface area contributed by atoms with Gasteiger partial charge in [0.15, 0.2) is 0 Å². The first-order valence-corrected chi connectivity index (χ1v) is 11.2. The van der Waals surface area contributed by atoms with E-state index in [9.17, 15) is 4.79 Å². The number of hydrogen-bond acceptors (Lipinski definition) is 7. The molecule has 2 aliphatic heterocycles. The number of ether oxygens (including phenoxy) is 3. The maximum Gasteiger partial charge on any atom is 0.257 e. The first-order valence-electron chi connectivity index (χ1n) is 11.2. The molecule has 33 heavy (non-hydrogen) atoms. The van der Waals surface area contributed by atoms with Crippen LogP contribution in [0.1, 0.15) is 23.6 Å². The Morgan fingerprint density at radius 3 is 2.24 bits per heavy atom. The fraction of sp³-hybridized carbons (Fsp3) is 0.440. The second-order valence-corrected chi connectivity index (χ2v) is 8.42. The number of hydrogen-bond donors (Lipinski definition) is 0. The van der Waals surface area contributed by atoms with Crippen LogP contribution in [-0.4, -0.2) is 87.5 Å². The van der Waals surface area contributed by atoms with Crippen LogP contribution < -0.4 is 14.2 Å². The molecular formula is C25H32N4O4. The monoisotopic (exact) mass is 452 g/mol. The Kier molecular flexibility index (Phi) is 7.15. The summed E-state index contributed by atoms with van der Waals surface area (Å²) < 4.78 is 16.3. The second-order valence-electron chi connectivity index (χ2n) is 8.42. The van der Waals surface area contributed by atoms with Crippen molar-refractivity contribution in [2.45, 2.75) is 12.5 Å². The number of amides is 1. The summed E-state index contributed by atoms with van der Waals surface area (Å²) in [6.45, 7) is 4.03. The molecule has 1 atom stereocenters. The van der Waals surface area contributed by atoms with E-state index in [1.54, 1.807) is 26.3 Å². The van der Waals surface area contributed by atoms with Gasteiger partial charge in [-0.25, -0.2) is 5.01 Å². The van der Waals surface area contributed by atoms with Crippen molar-refractivity contribution in [1.29, 1.82) is 0 Å². The highest BCUT2D eigenvalue weighted by Crippen LogP contribution is 2.39. The molecule has 0 bridgehead atoms. The summed E-state index contributed by atoms with van der Waals surface area (Å²) in [5, 5.41) is 6.45. The minimum absolute atomic E-state index is 0.00839. The number of hydrazone groups is 1. The van der Waals surface area contributed by atoms with Crippen molar-refractivity contribution in [1.82, 2.24) is 14.8 Å². The molecule has 0 aliphatic carbocycles. The quantitative estimate of drug-likeness (QED) is 0.644. The average molecular weight is 453 g/mol. The fourth-order valence-electron chi connectivity index (χ4n) is 4.30.